The van der Waals surface area contributed by atoms with Crippen LogP contribution < -0.4 is 5.32 Å². The quantitative estimate of drug-likeness (QED) is 0.883. The second kappa shape index (κ2) is 5.37. The smallest absolute Gasteiger partial charge is 0.255 e. The molecule has 1 fully saturated rings. The molecule has 0 atom stereocenters. The molecule has 0 bridgehead atoms. The predicted octanol–water partition coefficient (Wildman–Crippen LogP) is 2.63. The number of rotatable bonds is 3. The molecule has 19 heavy (non-hydrogen) atoms. The van der Waals surface area contributed by atoms with Crippen LogP contribution in [-0.2, 0) is 0 Å². The molecule has 1 heterocycles. The summed E-state index contributed by atoms with van der Waals surface area (Å²) in [5, 5.41) is 12.7. The minimum atomic E-state index is -0.445. The van der Waals surface area contributed by atoms with Crippen LogP contribution in [0.4, 0.5) is 0 Å². The lowest BCUT2D eigenvalue weighted by Gasteiger charge is -2.36. The van der Waals surface area contributed by atoms with E-state index in [2.05, 4.69) is 5.32 Å². The molecule has 1 amide bonds. The highest BCUT2D eigenvalue weighted by Gasteiger charge is 2.34. The first kappa shape index (κ1) is 14.1. The van der Waals surface area contributed by atoms with Crippen LogP contribution in [-0.4, -0.2) is 23.2 Å². The fraction of sp³-hybridized carbons (Fsp3) is 0.667. The molecule has 1 saturated carbocycles. The monoisotopic (exact) mass is 265 g/mol. The van der Waals surface area contributed by atoms with Crippen LogP contribution in [0.3, 0.4) is 0 Å². The molecule has 1 aromatic rings. The van der Waals surface area contributed by atoms with Crippen LogP contribution in [0.5, 0.6) is 0 Å². The Kier molecular flexibility index (Phi) is 3.99. The van der Waals surface area contributed by atoms with Crippen molar-refractivity contribution >= 4 is 5.91 Å². The number of hydrogen-bond acceptors (Lipinski definition) is 3. The third kappa shape index (κ3) is 2.68. The molecule has 1 aliphatic carbocycles. The molecule has 0 spiro atoms. The average Bonchev–Trinajstić information content (AvgIpc) is 2.64. The summed E-state index contributed by atoms with van der Waals surface area (Å²) < 4.78 is 5.50. The fourth-order valence-corrected chi connectivity index (χ4v) is 2.98. The van der Waals surface area contributed by atoms with Crippen molar-refractivity contribution in [3.63, 3.8) is 0 Å². The van der Waals surface area contributed by atoms with Gasteiger partial charge in [-0.05, 0) is 33.6 Å². The van der Waals surface area contributed by atoms with E-state index in [1.165, 1.54) is 6.42 Å². The summed E-state index contributed by atoms with van der Waals surface area (Å²) in [5.74, 6) is 1.31. The van der Waals surface area contributed by atoms with Crippen LogP contribution in [0.1, 0.15) is 59.5 Å². The molecule has 4 nitrogen and oxygen atoms in total. The molecule has 4 heteroatoms. The Morgan fingerprint density at radius 2 is 1.84 bits per heavy atom. The summed E-state index contributed by atoms with van der Waals surface area (Å²) in [6.07, 6.45) is 5.00. The van der Waals surface area contributed by atoms with Crippen molar-refractivity contribution in [3.8, 4) is 0 Å². The topological polar surface area (TPSA) is 62.5 Å². The summed E-state index contributed by atoms with van der Waals surface area (Å²) in [6, 6.07) is 0. The molecule has 2 N–H and O–H groups in total. The van der Waals surface area contributed by atoms with Gasteiger partial charge in [-0.25, -0.2) is 0 Å². The standard InChI is InChI=1S/C15H23NO3/c1-10-11(2)19-12(3)13(10)14(18)16-15(9-17)7-5-4-6-8-15/h17H,4-9H2,1-3H3,(H,16,18). The number of furan rings is 1. The highest BCUT2D eigenvalue weighted by molar-refractivity contribution is 5.97. The van der Waals surface area contributed by atoms with Gasteiger partial charge in [0.2, 0.25) is 0 Å². The Morgan fingerprint density at radius 3 is 2.32 bits per heavy atom. The first-order valence-electron chi connectivity index (χ1n) is 6.99. The Hall–Kier alpha value is -1.29. The zero-order valence-corrected chi connectivity index (χ0v) is 12.0. The van der Waals surface area contributed by atoms with E-state index in [-0.39, 0.29) is 12.5 Å². The number of aliphatic hydroxyl groups is 1. The molecule has 1 aromatic heterocycles. The number of carbonyl (C=O) groups is 1. The Balaban J connectivity index is 2.20. The number of aryl methyl sites for hydroxylation is 2. The number of amides is 1. The van der Waals surface area contributed by atoms with Crippen LogP contribution in [0.15, 0.2) is 4.42 Å². The predicted molar refractivity (Wildman–Crippen MR) is 73.3 cm³/mol. The molecular weight excluding hydrogens is 242 g/mol. The second-order valence-electron chi connectivity index (χ2n) is 5.67. The third-order valence-electron chi connectivity index (χ3n) is 4.28. The molecule has 0 aromatic carbocycles. The van der Waals surface area contributed by atoms with E-state index in [0.717, 1.165) is 37.0 Å². The maximum Gasteiger partial charge on any atom is 0.255 e. The van der Waals surface area contributed by atoms with Crippen molar-refractivity contribution in [1.82, 2.24) is 5.32 Å². The van der Waals surface area contributed by atoms with E-state index >= 15 is 0 Å². The van der Waals surface area contributed by atoms with Gasteiger partial charge in [0.05, 0.1) is 17.7 Å². The van der Waals surface area contributed by atoms with Gasteiger partial charge < -0.3 is 14.8 Å². The number of hydrogen-bond donors (Lipinski definition) is 2. The van der Waals surface area contributed by atoms with Gasteiger partial charge in [0.25, 0.3) is 5.91 Å². The molecule has 0 saturated heterocycles. The van der Waals surface area contributed by atoms with Gasteiger partial charge in [-0.3, -0.25) is 4.79 Å². The van der Waals surface area contributed by atoms with Gasteiger partial charge in [0.15, 0.2) is 0 Å². The summed E-state index contributed by atoms with van der Waals surface area (Å²) in [5.41, 5.74) is 1.06. The lowest BCUT2D eigenvalue weighted by molar-refractivity contribution is 0.0756. The third-order valence-corrected chi connectivity index (χ3v) is 4.28. The SMILES string of the molecule is Cc1oc(C)c(C(=O)NC2(CO)CCCCC2)c1C. The molecule has 106 valence electrons. The van der Waals surface area contributed by atoms with Gasteiger partial charge in [0.1, 0.15) is 11.5 Å². The van der Waals surface area contributed by atoms with Crippen molar-refractivity contribution in [1.29, 1.82) is 0 Å². The summed E-state index contributed by atoms with van der Waals surface area (Å²) in [6.45, 7) is 5.57. The maximum atomic E-state index is 12.4. The van der Waals surface area contributed by atoms with E-state index in [9.17, 15) is 9.90 Å². The fourth-order valence-electron chi connectivity index (χ4n) is 2.98. The van der Waals surface area contributed by atoms with E-state index in [0.29, 0.717) is 11.3 Å². The zero-order valence-electron chi connectivity index (χ0n) is 12.0. The lowest BCUT2D eigenvalue weighted by atomic mass is 9.82. The highest BCUT2D eigenvalue weighted by atomic mass is 16.3. The largest absolute Gasteiger partial charge is 0.466 e. The molecule has 0 aliphatic heterocycles. The first-order chi connectivity index (χ1) is 8.99. The van der Waals surface area contributed by atoms with Gasteiger partial charge in [-0.2, -0.15) is 0 Å². The van der Waals surface area contributed by atoms with Gasteiger partial charge in [-0.1, -0.05) is 19.3 Å². The zero-order chi connectivity index (χ0) is 14.0. The van der Waals surface area contributed by atoms with Crippen LogP contribution in [0, 0.1) is 20.8 Å². The van der Waals surface area contributed by atoms with Gasteiger partial charge >= 0.3 is 0 Å². The average molecular weight is 265 g/mol. The van der Waals surface area contributed by atoms with E-state index in [4.69, 9.17) is 4.42 Å². The van der Waals surface area contributed by atoms with Crippen molar-refractivity contribution in [2.75, 3.05) is 6.61 Å². The minimum Gasteiger partial charge on any atom is -0.466 e. The lowest BCUT2D eigenvalue weighted by Crippen LogP contribution is -2.52. The van der Waals surface area contributed by atoms with E-state index in [1.54, 1.807) is 6.92 Å². The van der Waals surface area contributed by atoms with Crippen molar-refractivity contribution in [3.05, 3.63) is 22.6 Å². The van der Waals surface area contributed by atoms with Crippen molar-refractivity contribution < 1.29 is 14.3 Å². The van der Waals surface area contributed by atoms with Crippen molar-refractivity contribution in [2.24, 2.45) is 0 Å². The molecule has 2 rings (SSSR count). The first-order valence-corrected chi connectivity index (χ1v) is 6.99. The number of aliphatic hydroxyl groups excluding tert-OH is 1. The maximum absolute atomic E-state index is 12.4. The van der Waals surface area contributed by atoms with Gasteiger partial charge in [0, 0.05) is 5.56 Å². The second-order valence-corrected chi connectivity index (χ2v) is 5.67. The van der Waals surface area contributed by atoms with E-state index in [1.807, 2.05) is 13.8 Å². The highest BCUT2D eigenvalue weighted by Crippen LogP contribution is 2.29. The Labute approximate surface area is 114 Å². The number of carbonyl (C=O) groups excluding carboxylic acids is 1. The van der Waals surface area contributed by atoms with Crippen LogP contribution in [0.2, 0.25) is 0 Å². The Morgan fingerprint density at radius 1 is 1.21 bits per heavy atom. The molecule has 0 radical (unpaired) electrons. The summed E-state index contributed by atoms with van der Waals surface area (Å²) >= 11 is 0. The molecular formula is C15H23NO3. The number of nitrogens with one attached hydrogen (secondary N) is 1. The Bertz CT molecular complexity index is 470. The van der Waals surface area contributed by atoms with Crippen molar-refractivity contribution in [2.45, 2.75) is 58.4 Å². The molecule has 1 aliphatic rings. The van der Waals surface area contributed by atoms with Crippen LogP contribution in [0.25, 0.3) is 0 Å². The summed E-state index contributed by atoms with van der Waals surface area (Å²) in [4.78, 5) is 12.4. The van der Waals surface area contributed by atoms with Crippen LogP contribution >= 0.6 is 0 Å². The minimum absolute atomic E-state index is 0.00761. The normalized spacial score (nSPS) is 18.3. The molecule has 0 unspecified atom stereocenters. The van der Waals surface area contributed by atoms with Gasteiger partial charge in [-0.15, -0.1) is 0 Å². The van der Waals surface area contributed by atoms with E-state index < -0.39 is 5.54 Å². The summed E-state index contributed by atoms with van der Waals surface area (Å²) in [7, 11) is 0.